The van der Waals surface area contributed by atoms with Gasteiger partial charge in [0.1, 0.15) is 6.33 Å². The largest absolute Gasteiger partial charge is 0.466 e. The monoisotopic (exact) mass is 365 g/mol. The number of esters is 1. The number of hydrogen-bond donors (Lipinski definition) is 0. The molecule has 0 radical (unpaired) electrons. The van der Waals surface area contributed by atoms with Crippen LogP contribution in [0.15, 0.2) is 30.6 Å². The molecule has 0 saturated carbocycles. The fourth-order valence-corrected chi connectivity index (χ4v) is 1.77. The quantitative estimate of drug-likeness (QED) is 0.474. The van der Waals surface area contributed by atoms with E-state index in [4.69, 9.17) is 0 Å². The van der Waals surface area contributed by atoms with Crippen molar-refractivity contribution in [1.82, 2.24) is 14.8 Å². The summed E-state index contributed by atoms with van der Waals surface area (Å²) in [6.07, 6.45) is -6.89. The molecule has 2 aromatic rings. The van der Waals surface area contributed by atoms with Crippen LogP contribution in [0.25, 0.3) is 17.6 Å². The van der Waals surface area contributed by atoms with Gasteiger partial charge in [0, 0.05) is 17.8 Å². The summed E-state index contributed by atoms with van der Waals surface area (Å²) in [5.41, 5.74) is -3.41. The molecular formula is C14H9F6N3O2. The van der Waals surface area contributed by atoms with Gasteiger partial charge in [0.05, 0.1) is 18.2 Å². The molecule has 1 aromatic heterocycles. The molecule has 0 aliphatic heterocycles. The summed E-state index contributed by atoms with van der Waals surface area (Å²) < 4.78 is 82.3. The van der Waals surface area contributed by atoms with E-state index in [0.29, 0.717) is 12.1 Å². The second-order valence-corrected chi connectivity index (χ2v) is 4.68. The summed E-state index contributed by atoms with van der Waals surface area (Å²) in [5.74, 6) is -1.10. The number of halogens is 6. The van der Waals surface area contributed by atoms with Gasteiger partial charge < -0.3 is 4.74 Å². The van der Waals surface area contributed by atoms with Crippen molar-refractivity contribution in [2.45, 2.75) is 12.4 Å². The third-order valence-electron chi connectivity index (χ3n) is 2.92. The third kappa shape index (κ3) is 4.58. The minimum atomic E-state index is -4.97. The van der Waals surface area contributed by atoms with E-state index >= 15 is 0 Å². The smallest absolute Gasteiger partial charge is 0.416 e. The molecule has 11 heteroatoms. The molecule has 2 rings (SSSR count). The lowest BCUT2D eigenvalue weighted by Crippen LogP contribution is -2.11. The summed E-state index contributed by atoms with van der Waals surface area (Å²) in [5, 5.41) is 3.71. The van der Waals surface area contributed by atoms with Gasteiger partial charge in [-0.15, -0.1) is 5.10 Å². The zero-order chi connectivity index (χ0) is 18.8. The van der Waals surface area contributed by atoms with Crippen LogP contribution in [0, 0.1) is 0 Å². The van der Waals surface area contributed by atoms with Crippen molar-refractivity contribution in [2.75, 3.05) is 7.11 Å². The van der Waals surface area contributed by atoms with Crippen molar-refractivity contribution in [1.29, 1.82) is 0 Å². The lowest BCUT2D eigenvalue weighted by Gasteiger charge is -2.13. The summed E-state index contributed by atoms with van der Waals surface area (Å²) in [4.78, 5) is 14.6. The Morgan fingerprint density at radius 2 is 1.64 bits per heavy atom. The van der Waals surface area contributed by atoms with Crippen LogP contribution in [0.4, 0.5) is 26.3 Å². The fourth-order valence-electron chi connectivity index (χ4n) is 1.77. The van der Waals surface area contributed by atoms with Gasteiger partial charge in [-0.2, -0.15) is 26.3 Å². The van der Waals surface area contributed by atoms with Gasteiger partial charge >= 0.3 is 18.3 Å². The summed E-state index contributed by atoms with van der Waals surface area (Å²) in [7, 11) is 1.13. The molecule has 0 atom stereocenters. The lowest BCUT2D eigenvalue weighted by atomic mass is 10.0. The minimum absolute atomic E-state index is 0.0116. The molecule has 5 nitrogen and oxygen atoms in total. The zero-order valence-corrected chi connectivity index (χ0v) is 12.4. The number of ether oxygens (including phenoxy) is 1. The van der Waals surface area contributed by atoms with Gasteiger partial charge in [-0.3, -0.25) is 0 Å². The molecule has 134 valence electrons. The average Bonchev–Trinajstić information content (AvgIpc) is 2.99. The minimum Gasteiger partial charge on any atom is -0.466 e. The van der Waals surface area contributed by atoms with E-state index in [2.05, 4.69) is 14.8 Å². The number of alkyl halides is 6. The van der Waals surface area contributed by atoms with Crippen LogP contribution in [-0.4, -0.2) is 27.8 Å². The van der Waals surface area contributed by atoms with Crippen LogP contribution in [0.1, 0.15) is 11.1 Å². The number of methoxy groups -OCH3 is 1. The van der Waals surface area contributed by atoms with Gasteiger partial charge in [0.15, 0.2) is 5.82 Å². The Kier molecular flexibility index (Phi) is 4.86. The molecule has 0 bridgehead atoms. The molecule has 0 unspecified atom stereocenters. The maximum Gasteiger partial charge on any atom is 0.416 e. The molecule has 0 spiro atoms. The predicted octanol–water partition coefficient (Wildman–Crippen LogP) is 3.63. The van der Waals surface area contributed by atoms with E-state index in [0.717, 1.165) is 30.4 Å². The Morgan fingerprint density at radius 3 is 2.12 bits per heavy atom. The Labute approximate surface area is 136 Å². The number of hydrogen-bond acceptors (Lipinski definition) is 4. The van der Waals surface area contributed by atoms with E-state index in [1.54, 1.807) is 0 Å². The van der Waals surface area contributed by atoms with Crippen molar-refractivity contribution in [3.63, 3.8) is 0 Å². The van der Waals surface area contributed by atoms with Crippen molar-refractivity contribution < 1.29 is 35.9 Å². The first-order valence-corrected chi connectivity index (χ1v) is 6.48. The molecule has 1 aromatic carbocycles. The second kappa shape index (κ2) is 6.57. The van der Waals surface area contributed by atoms with Gasteiger partial charge in [-0.05, 0) is 18.2 Å². The molecular weight excluding hydrogens is 356 g/mol. The number of benzene rings is 1. The van der Waals surface area contributed by atoms with Gasteiger partial charge in [-0.25, -0.2) is 14.5 Å². The highest BCUT2D eigenvalue weighted by Gasteiger charge is 2.37. The highest BCUT2D eigenvalue weighted by Crippen LogP contribution is 2.37. The van der Waals surface area contributed by atoms with E-state index in [1.165, 1.54) is 0 Å². The van der Waals surface area contributed by atoms with Crippen molar-refractivity contribution in [3.05, 3.63) is 41.7 Å². The SMILES string of the molecule is COC(=O)C=Cn1cnc(-c2cc(C(F)(F)F)cc(C(F)(F)F)c2)n1. The molecule has 1 heterocycles. The van der Waals surface area contributed by atoms with E-state index < -0.39 is 35.0 Å². The molecule has 25 heavy (non-hydrogen) atoms. The molecule has 0 N–H and O–H groups in total. The Morgan fingerprint density at radius 1 is 1.08 bits per heavy atom. The van der Waals surface area contributed by atoms with Crippen molar-refractivity contribution in [3.8, 4) is 11.4 Å². The third-order valence-corrected chi connectivity index (χ3v) is 2.92. The lowest BCUT2D eigenvalue weighted by molar-refractivity contribution is -0.143. The first-order chi connectivity index (χ1) is 11.5. The average molecular weight is 365 g/mol. The standard InChI is InChI=1S/C14H9F6N3O2/c1-25-11(24)2-3-23-7-21-12(22-23)8-4-9(13(15,16)17)6-10(5-8)14(18,19)20/h2-7H,1H3. The fraction of sp³-hybridized carbons (Fsp3) is 0.214. The summed E-state index contributed by atoms with van der Waals surface area (Å²) in [6, 6.07) is 1.04. The molecule has 0 aliphatic carbocycles. The van der Waals surface area contributed by atoms with Crippen LogP contribution in [0.3, 0.4) is 0 Å². The Bertz CT molecular complexity index is 775. The summed E-state index contributed by atoms with van der Waals surface area (Å²) in [6.45, 7) is 0. The summed E-state index contributed by atoms with van der Waals surface area (Å²) >= 11 is 0. The molecule has 0 saturated heterocycles. The van der Waals surface area contributed by atoms with E-state index in [1.807, 2.05) is 0 Å². The molecule has 0 amide bonds. The maximum absolute atomic E-state index is 12.8. The highest BCUT2D eigenvalue weighted by molar-refractivity contribution is 5.84. The van der Waals surface area contributed by atoms with Crippen LogP contribution < -0.4 is 0 Å². The second-order valence-electron chi connectivity index (χ2n) is 4.68. The number of aromatic nitrogens is 3. The predicted molar refractivity (Wildman–Crippen MR) is 72.8 cm³/mol. The topological polar surface area (TPSA) is 57.0 Å². The number of rotatable bonds is 3. The van der Waals surface area contributed by atoms with Gasteiger partial charge in [-0.1, -0.05) is 0 Å². The number of carbonyl (C=O) groups is 1. The van der Waals surface area contributed by atoms with Gasteiger partial charge in [0.25, 0.3) is 0 Å². The van der Waals surface area contributed by atoms with Crippen LogP contribution in [0.5, 0.6) is 0 Å². The number of carbonyl (C=O) groups excluding carboxylic acids is 1. The van der Waals surface area contributed by atoms with Crippen LogP contribution in [-0.2, 0) is 21.9 Å². The van der Waals surface area contributed by atoms with Crippen molar-refractivity contribution >= 4 is 12.2 Å². The molecule has 0 fully saturated rings. The van der Waals surface area contributed by atoms with Crippen LogP contribution in [0.2, 0.25) is 0 Å². The number of nitrogens with zero attached hydrogens (tertiary/aromatic N) is 3. The van der Waals surface area contributed by atoms with E-state index in [-0.39, 0.29) is 11.9 Å². The normalized spacial score (nSPS) is 12.6. The van der Waals surface area contributed by atoms with Gasteiger partial charge in [0.2, 0.25) is 0 Å². The first kappa shape index (κ1) is 18.5. The van der Waals surface area contributed by atoms with Crippen LogP contribution >= 0.6 is 0 Å². The highest BCUT2D eigenvalue weighted by atomic mass is 19.4. The van der Waals surface area contributed by atoms with Crippen molar-refractivity contribution in [2.24, 2.45) is 0 Å². The Balaban J connectivity index is 2.47. The maximum atomic E-state index is 12.8. The van der Waals surface area contributed by atoms with E-state index in [9.17, 15) is 31.1 Å². The first-order valence-electron chi connectivity index (χ1n) is 6.48. The molecule has 0 aliphatic rings. The Hall–Kier alpha value is -2.85. The zero-order valence-electron chi connectivity index (χ0n) is 12.4.